The predicted molar refractivity (Wildman–Crippen MR) is 116 cm³/mol. The number of benzene rings is 2. The zero-order valence-electron chi connectivity index (χ0n) is 16.2. The van der Waals surface area contributed by atoms with Crippen molar-refractivity contribution in [2.45, 2.75) is 31.7 Å². The molecule has 7 heteroatoms. The number of fused-ring (bicyclic) bond motifs is 1. The van der Waals surface area contributed by atoms with Crippen molar-refractivity contribution in [2.75, 3.05) is 6.54 Å². The Hall–Kier alpha value is -2.02. The third kappa shape index (κ3) is 3.33. The summed E-state index contributed by atoms with van der Waals surface area (Å²) < 4.78 is 13.3. The molecule has 3 aromatic rings. The molecule has 5 rings (SSSR count). The molecule has 1 saturated heterocycles. The van der Waals surface area contributed by atoms with Crippen LogP contribution in [0.5, 0.6) is 0 Å². The Morgan fingerprint density at radius 1 is 1.21 bits per heavy atom. The van der Waals surface area contributed by atoms with Gasteiger partial charge in [-0.3, -0.25) is 5.01 Å². The Balaban J connectivity index is 1.49. The number of halogens is 2. The zero-order chi connectivity index (χ0) is 20.1. The van der Waals surface area contributed by atoms with Gasteiger partial charge in [-0.2, -0.15) is 0 Å². The standard InChI is InChI=1S/C22H21ClFN4S/c1-13-10-11-27(21(13)22-25-18-5-3-4-17(23)20(18)26-22)28-12-19(29-14(28)2)15-6-8-16(24)9-7-15/h3-9,13-14,21H,10-11H2,1-2H3,(H,25,26)/t13-,14?,21-/m0/s1. The smallest absolute Gasteiger partial charge is 0.126 e. The topological polar surface area (TPSA) is 35.2 Å². The number of aromatic amines is 1. The third-order valence-corrected chi connectivity index (χ3v) is 7.08. The fourth-order valence-electron chi connectivity index (χ4n) is 4.18. The lowest BCUT2D eigenvalue weighted by atomic mass is 10.0. The van der Waals surface area contributed by atoms with Crippen LogP contribution in [0.25, 0.3) is 15.9 Å². The van der Waals surface area contributed by atoms with Gasteiger partial charge in [0.05, 0.1) is 28.2 Å². The molecule has 4 nitrogen and oxygen atoms in total. The predicted octanol–water partition coefficient (Wildman–Crippen LogP) is 5.85. The van der Waals surface area contributed by atoms with E-state index in [-0.39, 0.29) is 17.2 Å². The van der Waals surface area contributed by atoms with Crippen LogP contribution in [0, 0.1) is 17.9 Å². The number of rotatable bonds is 3. The number of nitrogens with zero attached hydrogens (tertiary/aromatic N) is 3. The molecule has 29 heavy (non-hydrogen) atoms. The van der Waals surface area contributed by atoms with Gasteiger partial charge in [-0.25, -0.2) is 14.4 Å². The molecule has 3 atom stereocenters. The van der Waals surface area contributed by atoms with Gasteiger partial charge in [-0.15, -0.1) is 0 Å². The molecule has 0 bridgehead atoms. The largest absolute Gasteiger partial charge is 0.341 e. The van der Waals surface area contributed by atoms with Crippen LogP contribution in [0.3, 0.4) is 0 Å². The van der Waals surface area contributed by atoms with E-state index in [9.17, 15) is 4.39 Å². The molecule has 1 radical (unpaired) electrons. The molecule has 2 aromatic carbocycles. The van der Waals surface area contributed by atoms with Gasteiger partial charge in [0.1, 0.15) is 17.2 Å². The Morgan fingerprint density at radius 2 is 2.00 bits per heavy atom. The molecule has 0 amide bonds. The monoisotopic (exact) mass is 427 g/mol. The first-order valence-electron chi connectivity index (χ1n) is 9.77. The maximum Gasteiger partial charge on any atom is 0.126 e. The van der Waals surface area contributed by atoms with Crippen molar-refractivity contribution in [3.05, 3.63) is 70.9 Å². The summed E-state index contributed by atoms with van der Waals surface area (Å²) in [6, 6.07) is 12.6. The Morgan fingerprint density at radius 3 is 2.76 bits per heavy atom. The molecule has 0 spiro atoms. The van der Waals surface area contributed by atoms with Gasteiger partial charge < -0.3 is 4.98 Å². The van der Waals surface area contributed by atoms with Crippen molar-refractivity contribution in [1.29, 1.82) is 0 Å². The van der Waals surface area contributed by atoms with Crippen molar-refractivity contribution >= 4 is 39.3 Å². The molecule has 1 unspecified atom stereocenters. The fraction of sp³-hybridized carbons (Fsp3) is 0.318. The fourth-order valence-corrected chi connectivity index (χ4v) is 5.43. The minimum Gasteiger partial charge on any atom is -0.341 e. The molecule has 3 heterocycles. The van der Waals surface area contributed by atoms with Crippen LogP contribution >= 0.6 is 23.4 Å². The Labute approximate surface area is 178 Å². The maximum absolute atomic E-state index is 13.3. The highest BCUT2D eigenvalue weighted by atomic mass is 35.5. The lowest BCUT2D eigenvalue weighted by Crippen LogP contribution is -2.42. The molecule has 0 saturated carbocycles. The molecule has 1 aromatic heterocycles. The van der Waals surface area contributed by atoms with Crippen LogP contribution in [-0.4, -0.2) is 31.9 Å². The number of H-pyrrole nitrogens is 1. The Kier molecular flexibility index (Phi) is 4.81. The molecule has 1 N–H and O–H groups in total. The maximum atomic E-state index is 13.3. The van der Waals surface area contributed by atoms with E-state index in [2.05, 4.69) is 35.0 Å². The second kappa shape index (κ2) is 7.35. The lowest BCUT2D eigenvalue weighted by molar-refractivity contribution is -0.0128. The van der Waals surface area contributed by atoms with Gasteiger partial charge >= 0.3 is 0 Å². The highest BCUT2D eigenvalue weighted by Crippen LogP contribution is 2.45. The summed E-state index contributed by atoms with van der Waals surface area (Å²) in [4.78, 5) is 9.35. The first-order chi connectivity index (χ1) is 14.0. The quantitative estimate of drug-likeness (QED) is 0.568. The van der Waals surface area contributed by atoms with E-state index in [1.165, 1.54) is 12.1 Å². The molecule has 0 aliphatic carbocycles. The van der Waals surface area contributed by atoms with Crippen molar-refractivity contribution in [2.24, 2.45) is 5.92 Å². The summed E-state index contributed by atoms with van der Waals surface area (Å²) in [5.41, 5.74) is 2.77. The summed E-state index contributed by atoms with van der Waals surface area (Å²) >= 11 is 8.09. The number of hydrazine groups is 1. The average Bonchev–Trinajstić information content (AvgIpc) is 3.39. The van der Waals surface area contributed by atoms with E-state index in [1.807, 2.05) is 30.3 Å². The van der Waals surface area contributed by atoms with Gasteiger partial charge in [0.15, 0.2) is 0 Å². The highest BCUT2D eigenvalue weighted by Gasteiger charge is 2.41. The van der Waals surface area contributed by atoms with Crippen molar-refractivity contribution in [3.63, 3.8) is 0 Å². The summed E-state index contributed by atoms with van der Waals surface area (Å²) in [7, 11) is 0. The van der Waals surface area contributed by atoms with E-state index in [1.54, 1.807) is 11.8 Å². The molecular formula is C22H21ClFN4S. The second-order valence-corrected chi connectivity index (χ2v) is 9.37. The van der Waals surface area contributed by atoms with E-state index in [0.29, 0.717) is 10.9 Å². The number of aromatic nitrogens is 2. The second-order valence-electron chi connectivity index (χ2n) is 7.64. The molecule has 2 aliphatic rings. The average molecular weight is 428 g/mol. The zero-order valence-corrected chi connectivity index (χ0v) is 17.8. The minimum absolute atomic E-state index is 0.126. The van der Waals surface area contributed by atoms with Crippen molar-refractivity contribution in [1.82, 2.24) is 20.0 Å². The van der Waals surface area contributed by atoms with Crippen LogP contribution in [-0.2, 0) is 0 Å². The van der Waals surface area contributed by atoms with Crippen molar-refractivity contribution < 1.29 is 4.39 Å². The van der Waals surface area contributed by atoms with Crippen LogP contribution < -0.4 is 0 Å². The lowest BCUT2D eigenvalue weighted by Gasteiger charge is -2.35. The van der Waals surface area contributed by atoms with Crippen LogP contribution in [0.15, 0.2) is 42.5 Å². The van der Waals surface area contributed by atoms with Gasteiger partial charge in [-0.1, -0.05) is 48.5 Å². The third-order valence-electron chi connectivity index (χ3n) is 5.67. The first-order valence-corrected chi connectivity index (χ1v) is 11.0. The summed E-state index contributed by atoms with van der Waals surface area (Å²) in [5, 5.41) is 5.41. The van der Waals surface area contributed by atoms with Gasteiger partial charge in [0.25, 0.3) is 0 Å². The highest BCUT2D eigenvalue weighted by molar-refractivity contribution is 8.09. The molecule has 2 aliphatic heterocycles. The molecule has 149 valence electrons. The van der Waals surface area contributed by atoms with Crippen LogP contribution in [0.2, 0.25) is 5.02 Å². The van der Waals surface area contributed by atoms with Crippen LogP contribution in [0.4, 0.5) is 4.39 Å². The van der Waals surface area contributed by atoms with E-state index in [4.69, 9.17) is 16.6 Å². The van der Waals surface area contributed by atoms with Gasteiger partial charge in [0, 0.05) is 11.4 Å². The normalized spacial score (nSPS) is 25.2. The molecular weight excluding hydrogens is 407 g/mol. The number of para-hydroxylation sites is 1. The number of imidazole rings is 1. The summed E-state index contributed by atoms with van der Waals surface area (Å²) in [6.45, 7) is 5.37. The summed E-state index contributed by atoms with van der Waals surface area (Å²) in [5.74, 6) is 1.16. The summed E-state index contributed by atoms with van der Waals surface area (Å²) in [6.07, 6.45) is 4.61. The number of hydrogen-bond acceptors (Lipinski definition) is 4. The van der Waals surface area contributed by atoms with Gasteiger partial charge in [0.2, 0.25) is 0 Å². The minimum atomic E-state index is -0.223. The van der Waals surface area contributed by atoms with Gasteiger partial charge in [-0.05, 0) is 49.1 Å². The van der Waals surface area contributed by atoms with Crippen molar-refractivity contribution in [3.8, 4) is 0 Å². The SMILES string of the molecule is CC1SC(c2ccc(F)cc2)=[C]N1N1CC[C@H](C)[C@H]1c1nc2c(Cl)cccc2[nH]1. The van der Waals surface area contributed by atoms with E-state index >= 15 is 0 Å². The number of hydrogen-bond donors (Lipinski definition) is 1. The van der Waals surface area contributed by atoms with E-state index in [0.717, 1.165) is 40.3 Å². The number of nitrogens with one attached hydrogen (secondary N) is 1. The number of thioether (sulfide) groups is 1. The van der Waals surface area contributed by atoms with E-state index < -0.39 is 0 Å². The van der Waals surface area contributed by atoms with Crippen LogP contribution in [0.1, 0.15) is 37.7 Å². The Bertz CT molecular complexity index is 1080. The first kappa shape index (κ1) is 19.0. The molecule has 1 fully saturated rings.